The number of aromatic hydroxyl groups is 1. The minimum atomic E-state index is -0.0938. The van der Waals surface area contributed by atoms with Gasteiger partial charge < -0.3 is 15.3 Å². The molecule has 0 fully saturated rings. The Kier molecular flexibility index (Phi) is 8.74. The zero-order chi connectivity index (χ0) is 18.2. The van der Waals surface area contributed by atoms with Crippen molar-refractivity contribution >= 4 is 0 Å². The van der Waals surface area contributed by atoms with E-state index in [0.29, 0.717) is 12.3 Å². The highest BCUT2D eigenvalue weighted by Gasteiger charge is 2.21. The normalized spacial score (nSPS) is 12.1. The minimum Gasteiger partial charge on any atom is -0.507 e. The first-order valence-electron chi connectivity index (χ1n) is 9.06. The molecular formula is C20H35NO3. The number of rotatable bonds is 10. The third-order valence-corrected chi connectivity index (χ3v) is 4.30. The van der Waals surface area contributed by atoms with Gasteiger partial charge in [-0.3, -0.25) is 4.90 Å². The van der Waals surface area contributed by atoms with Crippen LogP contribution in [0.3, 0.4) is 0 Å². The van der Waals surface area contributed by atoms with E-state index >= 15 is 0 Å². The fraction of sp³-hybridized carbons (Fsp3) is 0.700. The zero-order valence-corrected chi connectivity index (χ0v) is 15.8. The van der Waals surface area contributed by atoms with Crippen LogP contribution in [0.5, 0.6) is 5.75 Å². The Balaban J connectivity index is 2.92. The number of hydrogen-bond donors (Lipinski definition) is 3. The molecule has 0 aliphatic carbocycles. The van der Waals surface area contributed by atoms with Crippen LogP contribution in [0.4, 0.5) is 0 Å². The number of phenolic OH excluding ortho intramolecular Hbond substituents is 1. The van der Waals surface area contributed by atoms with Crippen LogP contribution in [0.15, 0.2) is 12.1 Å². The summed E-state index contributed by atoms with van der Waals surface area (Å²) in [6, 6.07) is 4.14. The first kappa shape index (κ1) is 20.9. The van der Waals surface area contributed by atoms with Gasteiger partial charge in [0.2, 0.25) is 0 Å². The Bertz CT molecular complexity index is 484. The average molecular weight is 338 g/mol. The first-order valence-corrected chi connectivity index (χ1v) is 9.06. The lowest BCUT2D eigenvalue weighted by atomic mass is 9.84. The number of aryl methyl sites for hydroxylation is 1. The van der Waals surface area contributed by atoms with E-state index in [1.165, 1.54) is 5.56 Å². The summed E-state index contributed by atoms with van der Waals surface area (Å²) in [6.07, 6.45) is 3.47. The molecular weight excluding hydrogens is 302 g/mol. The molecule has 0 atom stereocenters. The number of hydrogen-bond acceptors (Lipinski definition) is 4. The van der Waals surface area contributed by atoms with Crippen LogP contribution in [-0.2, 0) is 12.0 Å². The van der Waals surface area contributed by atoms with Crippen LogP contribution in [0.2, 0.25) is 0 Å². The van der Waals surface area contributed by atoms with Crippen molar-refractivity contribution in [2.75, 3.05) is 26.3 Å². The van der Waals surface area contributed by atoms with Gasteiger partial charge in [0.15, 0.2) is 0 Å². The number of aliphatic hydroxyl groups excluding tert-OH is 2. The molecule has 24 heavy (non-hydrogen) atoms. The molecule has 0 aliphatic heterocycles. The maximum Gasteiger partial charge on any atom is 0.123 e. The molecule has 0 amide bonds. The van der Waals surface area contributed by atoms with E-state index in [4.69, 9.17) is 10.2 Å². The lowest BCUT2D eigenvalue weighted by Crippen LogP contribution is -2.26. The smallest absolute Gasteiger partial charge is 0.123 e. The summed E-state index contributed by atoms with van der Waals surface area (Å²) in [5.41, 5.74) is 3.03. The van der Waals surface area contributed by atoms with Gasteiger partial charge >= 0.3 is 0 Å². The van der Waals surface area contributed by atoms with Crippen molar-refractivity contribution in [1.82, 2.24) is 4.90 Å². The van der Waals surface area contributed by atoms with Crippen molar-refractivity contribution < 1.29 is 15.3 Å². The van der Waals surface area contributed by atoms with Crippen LogP contribution in [0, 0.1) is 6.92 Å². The summed E-state index contributed by atoms with van der Waals surface area (Å²) in [5, 5.41) is 28.7. The van der Waals surface area contributed by atoms with Crippen LogP contribution in [0.25, 0.3) is 0 Å². The maximum absolute atomic E-state index is 10.7. The highest BCUT2D eigenvalue weighted by molar-refractivity contribution is 5.46. The minimum absolute atomic E-state index is 0.0938. The van der Waals surface area contributed by atoms with Gasteiger partial charge in [0.25, 0.3) is 0 Å². The molecule has 1 aromatic rings. The Hall–Kier alpha value is -1.10. The highest BCUT2D eigenvalue weighted by atomic mass is 16.3. The molecule has 3 N–H and O–H groups in total. The van der Waals surface area contributed by atoms with Gasteiger partial charge in [-0.2, -0.15) is 0 Å². The number of unbranched alkanes of at least 4 members (excludes halogenated alkanes) is 2. The third-order valence-electron chi connectivity index (χ3n) is 4.30. The van der Waals surface area contributed by atoms with Gasteiger partial charge in [-0.05, 0) is 56.7 Å². The second-order valence-corrected chi connectivity index (χ2v) is 7.71. The fourth-order valence-electron chi connectivity index (χ4n) is 2.95. The van der Waals surface area contributed by atoms with Crippen molar-refractivity contribution in [1.29, 1.82) is 0 Å². The predicted molar refractivity (Wildman–Crippen MR) is 99.5 cm³/mol. The van der Waals surface area contributed by atoms with E-state index in [2.05, 4.69) is 44.7 Å². The number of aliphatic hydroxyl groups is 2. The van der Waals surface area contributed by atoms with E-state index in [1.807, 2.05) is 0 Å². The molecule has 0 bridgehead atoms. The molecule has 1 aromatic carbocycles. The average Bonchev–Trinajstić information content (AvgIpc) is 2.49. The molecule has 0 radical (unpaired) electrons. The summed E-state index contributed by atoms with van der Waals surface area (Å²) in [7, 11) is 0. The molecule has 0 saturated heterocycles. The fourth-order valence-corrected chi connectivity index (χ4v) is 2.95. The highest BCUT2D eigenvalue weighted by Crippen LogP contribution is 2.35. The Morgan fingerprint density at radius 1 is 0.917 bits per heavy atom. The molecule has 4 heteroatoms. The summed E-state index contributed by atoms with van der Waals surface area (Å²) in [4.78, 5) is 2.31. The lowest BCUT2D eigenvalue weighted by Gasteiger charge is -2.26. The molecule has 0 heterocycles. The Morgan fingerprint density at radius 3 is 1.92 bits per heavy atom. The summed E-state index contributed by atoms with van der Waals surface area (Å²) in [6.45, 7) is 11.3. The van der Waals surface area contributed by atoms with Gasteiger partial charge in [-0.1, -0.05) is 38.5 Å². The van der Waals surface area contributed by atoms with Crippen LogP contribution < -0.4 is 0 Å². The molecule has 0 unspecified atom stereocenters. The molecule has 0 aromatic heterocycles. The molecule has 138 valence electrons. The van der Waals surface area contributed by atoms with E-state index in [-0.39, 0.29) is 18.6 Å². The molecule has 0 aliphatic rings. The van der Waals surface area contributed by atoms with Crippen molar-refractivity contribution in [3.05, 3.63) is 28.8 Å². The van der Waals surface area contributed by atoms with Gasteiger partial charge in [-0.25, -0.2) is 0 Å². The summed E-state index contributed by atoms with van der Waals surface area (Å²) in [5.74, 6) is 0.405. The number of phenols is 1. The quantitative estimate of drug-likeness (QED) is 0.573. The second-order valence-electron chi connectivity index (χ2n) is 7.71. The largest absolute Gasteiger partial charge is 0.507 e. The van der Waals surface area contributed by atoms with Gasteiger partial charge in [0.05, 0.1) is 0 Å². The summed E-state index contributed by atoms with van der Waals surface area (Å²) >= 11 is 0. The van der Waals surface area contributed by atoms with E-state index in [1.54, 1.807) is 0 Å². The Labute approximate surface area is 147 Å². The molecule has 0 spiro atoms. The van der Waals surface area contributed by atoms with Crippen LogP contribution in [-0.4, -0.2) is 46.5 Å². The van der Waals surface area contributed by atoms with Gasteiger partial charge in [0, 0.05) is 25.3 Å². The first-order chi connectivity index (χ1) is 11.3. The lowest BCUT2D eigenvalue weighted by molar-refractivity contribution is 0.219. The van der Waals surface area contributed by atoms with Crippen LogP contribution >= 0.6 is 0 Å². The maximum atomic E-state index is 10.7. The van der Waals surface area contributed by atoms with E-state index in [9.17, 15) is 5.11 Å². The van der Waals surface area contributed by atoms with Crippen LogP contribution in [0.1, 0.15) is 63.1 Å². The number of benzene rings is 1. The predicted octanol–water partition coefficient (Wildman–Crippen LogP) is 3.35. The molecule has 1 rings (SSSR count). The zero-order valence-electron chi connectivity index (χ0n) is 15.8. The SMILES string of the molecule is Cc1cc(CN(CCCCO)CCCCO)c(O)c(C(C)(C)C)c1. The third kappa shape index (κ3) is 6.80. The second kappa shape index (κ2) is 10.0. The van der Waals surface area contributed by atoms with E-state index < -0.39 is 0 Å². The number of nitrogens with zero attached hydrogens (tertiary/aromatic N) is 1. The van der Waals surface area contributed by atoms with Gasteiger partial charge in [0.1, 0.15) is 5.75 Å². The topological polar surface area (TPSA) is 63.9 Å². The van der Waals surface area contributed by atoms with Crippen molar-refractivity contribution in [2.24, 2.45) is 0 Å². The van der Waals surface area contributed by atoms with Gasteiger partial charge in [-0.15, -0.1) is 0 Å². The monoisotopic (exact) mass is 337 g/mol. The summed E-state index contributed by atoms with van der Waals surface area (Å²) < 4.78 is 0. The molecule has 0 saturated carbocycles. The Morgan fingerprint density at radius 2 is 1.46 bits per heavy atom. The van der Waals surface area contributed by atoms with Crippen molar-refractivity contribution in [3.63, 3.8) is 0 Å². The molecule has 4 nitrogen and oxygen atoms in total. The van der Waals surface area contributed by atoms with Crippen molar-refractivity contribution in [2.45, 2.75) is 65.3 Å². The van der Waals surface area contributed by atoms with Crippen molar-refractivity contribution in [3.8, 4) is 5.75 Å². The van der Waals surface area contributed by atoms with E-state index in [0.717, 1.165) is 49.9 Å². The standard InChI is InChI=1S/C20H35NO3/c1-16-13-17(19(24)18(14-16)20(2,3)4)15-21(9-5-7-11-22)10-6-8-12-23/h13-14,22-24H,5-12,15H2,1-4H3.